The van der Waals surface area contributed by atoms with Gasteiger partial charge in [0, 0.05) is 38.0 Å². The van der Waals surface area contributed by atoms with E-state index in [2.05, 4.69) is 5.01 Å². The maximum atomic E-state index is 12.3. The van der Waals surface area contributed by atoms with Crippen LogP contribution in [0.3, 0.4) is 0 Å². The summed E-state index contributed by atoms with van der Waals surface area (Å²) in [5, 5.41) is 3.89. The largest absolute Gasteiger partial charge is 0.341 e. The molecule has 0 bridgehead atoms. The third-order valence-corrected chi connectivity index (χ3v) is 3.44. The summed E-state index contributed by atoms with van der Waals surface area (Å²) in [5.41, 5.74) is 0.406. The third-order valence-electron chi connectivity index (χ3n) is 3.44. The number of fused-ring (bicyclic) bond motifs is 1. The molecule has 0 aromatic carbocycles. The van der Waals surface area contributed by atoms with E-state index in [1.807, 2.05) is 4.57 Å². The van der Waals surface area contributed by atoms with Crippen molar-refractivity contribution in [3.8, 4) is 0 Å². The Morgan fingerprint density at radius 3 is 2.53 bits per heavy atom. The summed E-state index contributed by atoms with van der Waals surface area (Å²) in [6.45, 7) is 3.36. The third kappa shape index (κ3) is 1.76. The van der Waals surface area contributed by atoms with Crippen LogP contribution < -0.4 is 5.43 Å². The lowest BCUT2D eigenvalue weighted by atomic mass is 10.2. The molecule has 0 aliphatic carbocycles. The Kier molecular flexibility index (Phi) is 2.48. The van der Waals surface area contributed by atoms with Gasteiger partial charge in [-0.1, -0.05) is 0 Å². The molecule has 17 heavy (non-hydrogen) atoms. The van der Waals surface area contributed by atoms with Gasteiger partial charge in [-0.05, 0) is 12.8 Å². The molecular formula is C12H15N3O2. The van der Waals surface area contributed by atoms with Gasteiger partial charge in [0.2, 0.25) is 0 Å². The van der Waals surface area contributed by atoms with Gasteiger partial charge in [-0.25, -0.2) is 5.01 Å². The highest BCUT2D eigenvalue weighted by Crippen LogP contribution is 2.17. The molecule has 1 saturated heterocycles. The van der Waals surface area contributed by atoms with Crippen LogP contribution in [0.2, 0.25) is 0 Å². The lowest BCUT2D eigenvalue weighted by Gasteiger charge is -2.35. The first-order valence-electron chi connectivity index (χ1n) is 6.03. The fourth-order valence-electron chi connectivity index (χ4n) is 2.54. The van der Waals surface area contributed by atoms with Crippen molar-refractivity contribution in [2.75, 3.05) is 19.6 Å². The van der Waals surface area contributed by atoms with E-state index in [9.17, 15) is 9.59 Å². The SMILES string of the molecule is O=C1c2cc(=O)ccn2CCN1N1CCCC1. The van der Waals surface area contributed by atoms with Gasteiger partial charge in [0.05, 0.1) is 6.54 Å². The monoisotopic (exact) mass is 233 g/mol. The number of nitrogens with zero attached hydrogens (tertiary/aromatic N) is 3. The zero-order chi connectivity index (χ0) is 11.8. The Morgan fingerprint density at radius 2 is 1.76 bits per heavy atom. The number of hydrogen-bond acceptors (Lipinski definition) is 3. The molecule has 3 heterocycles. The molecule has 2 aliphatic rings. The van der Waals surface area contributed by atoms with Gasteiger partial charge < -0.3 is 4.57 Å². The van der Waals surface area contributed by atoms with Gasteiger partial charge >= 0.3 is 0 Å². The fourth-order valence-corrected chi connectivity index (χ4v) is 2.54. The number of carbonyl (C=O) groups is 1. The van der Waals surface area contributed by atoms with Crippen molar-refractivity contribution >= 4 is 5.91 Å². The van der Waals surface area contributed by atoms with Crippen molar-refractivity contribution in [1.82, 2.24) is 14.6 Å². The first kappa shape index (κ1) is 10.5. The lowest BCUT2D eigenvalue weighted by molar-refractivity contribution is -0.00454. The Labute approximate surface area is 99.2 Å². The molecule has 1 fully saturated rings. The highest BCUT2D eigenvalue weighted by atomic mass is 16.2. The van der Waals surface area contributed by atoms with Crippen molar-refractivity contribution in [3.63, 3.8) is 0 Å². The van der Waals surface area contributed by atoms with Crippen LogP contribution in [0, 0.1) is 0 Å². The second kappa shape index (κ2) is 4.00. The van der Waals surface area contributed by atoms with Gasteiger partial charge in [0.1, 0.15) is 5.69 Å². The molecule has 2 aliphatic heterocycles. The molecule has 1 aromatic rings. The molecule has 0 saturated carbocycles. The number of hydrogen-bond donors (Lipinski definition) is 0. The first-order chi connectivity index (χ1) is 8.25. The normalized spacial score (nSPS) is 20.7. The summed E-state index contributed by atoms with van der Waals surface area (Å²) in [6, 6.07) is 2.94. The van der Waals surface area contributed by atoms with Gasteiger partial charge in [0.25, 0.3) is 5.91 Å². The fraction of sp³-hybridized carbons (Fsp3) is 0.500. The highest BCUT2D eigenvalue weighted by Gasteiger charge is 2.29. The van der Waals surface area contributed by atoms with E-state index in [4.69, 9.17) is 0 Å². The summed E-state index contributed by atoms with van der Waals surface area (Å²) >= 11 is 0. The van der Waals surface area contributed by atoms with Crippen LogP contribution in [0.1, 0.15) is 23.3 Å². The topological polar surface area (TPSA) is 45.6 Å². The minimum atomic E-state index is -0.104. The van der Waals surface area contributed by atoms with Crippen LogP contribution in [0.4, 0.5) is 0 Å². The highest BCUT2D eigenvalue weighted by molar-refractivity contribution is 5.92. The van der Waals surface area contributed by atoms with Crippen molar-refractivity contribution in [2.24, 2.45) is 0 Å². The van der Waals surface area contributed by atoms with E-state index < -0.39 is 0 Å². The van der Waals surface area contributed by atoms with E-state index in [0.29, 0.717) is 12.2 Å². The standard InChI is InChI=1S/C12H15N3O2/c16-10-3-6-13-7-8-15(12(17)11(13)9-10)14-4-1-2-5-14/h3,6,9H,1-2,4-5,7-8H2. The summed E-state index contributed by atoms with van der Waals surface area (Å²) < 4.78 is 1.86. The van der Waals surface area contributed by atoms with Gasteiger partial charge in [-0.2, -0.15) is 0 Å². The van der Waals surface area contributed by atoms with E-state index in [0.717, 1.165) is 32.5 Å². The molecule has 90 valence electrons. The predicted octanol–water partition coefficient (Wildman–Crippen LogP) is 0.315. The van der Waals surface area contributed by atoms with Crippen molar-refractivity contribution in [2.45, 2.75) is 19.4 Å². The van der Waals surface area contributed by atoms with E-state index in [-0.39, 0.29) is 11.3 Å². The predicted molar refractivity (Wildman–Crippen MR) is 62.5 cm³/mol. The number of pyridine rings is 1. The van der Waals surface area contributed by atoms with Gasteiger partial charge in [-0.3, -0.25) is 14.6 Å². The van der Waals surface area contributed by atoms with Crippen molar-refractivity contribution in [3.05, 3.63) is 34.2 Å². The van der Waals surface area contributed by atoms with E-state index >= 15 is 0 Å². The Bertz CT molecular complexity index is 503. The smallest absolute Gasteiger partial charge is 0.284 e. The van der Waals surface area contributed by atoms with Crippen molar-refractivity contribution in [1.29, 1.82) is 0 Å². The number of hydrazine groups is 1. The molecule has 1 amide bonds. The maximum absolute atomic E-state index is 12.3. The minimum absolute atomic E-state index is 0.0455. The van der Waals surface area contributed by atoms with Crippen molar-refractivity contribution < 1.29 is 4.79 Å². The molecule has 1 aromatic heterocycles. The Morgan fingerprint density at radius 1 is 1.00 bits per heavy atom. The van der Waals surface area contributed by atoms with Crippen LogP contribution in [0.15, 0.2) is 23.1 Å². The molecule has 0 N–H and O–H groups in total. The second-order valence-corrected chi connectivity index (χ2v) is 4.53. The maximum Gasteiger partial charge on any atom is 0.284 e. The summed E-state index contributed by atoms with van der Waals surface area (Å²) in [7, 11) is 0. The lowest BCUT2D eigenvalue weighted by Crippen LogP contribution is -2.50. The quantitative estimate of drug-likeness (QED) is 0.701. The zero-order valence-electron chi connectivity index (χ0n) is 9.63. The van der Waals surface area contributed by atoms with Crippen LogP contribution in [-0.4, -0.2) is 40.1 Å². The van der Waals surface area contributed by atoms with E-state index in [1.165, 1.54) is 12.1 Å². The summed E-state index contributed by atoms with van der Waals surface area (Å²) in [6.07, 6.45) is 3.99. The minimum Gasteiger partial charge on any atom is -0.341 e. The number of aromatic nitrogens is 1. The average molecular weight is 233 g/mol. The van der Waals surface area contributed by atoms with Crippen LogP contribution in [0.25, 0.3) is 0 Å². The molecular weight excluding hydrogens is 218 g/mol. The molecule has 5 heteroatoms. The molecule has 0 atom stereocenters. The van der Waals surface area contributed by atoms with Crippen LogP contribution in [0.5, 0.6) is 0 Å². The molecule has 0 radical (unpaired) electrons. The average Bonchev–Trinajstić information content (AvgIpc) is 2.84. The number of amides is 1. The zero-order valence-corrected chi connectivity index (χ0v) is 9.63. The van der Waals surface area contributed by atoms with E-state index in [1.54, 1.807) is 11.2 Å². The Hall–Kier alpha value is -1.62. The molecule has 0 unspecified atom stereocenters. The molecule has 3 rings (SSSR count). The number of carbonyl (C=O) groups excluding carboxylic acids is 1. The van der Waals surface area contributed by atoms with Gasteiger partial charge in [0.15, 0.2) is 5.43 Å². The summed E-state index contributed by atoms with van der Waals surface area (Å²) in [5.74, 6) is -0.0455. The Balaban J connectivity index is 1.93. The van der Waals surface area contributed by atoms with Crippen LogP contribution in [-0.2, 0) is 6.54 Å². The number of rotatable bonds is 1. The van der Waals surface area contributed by atoms with Crippen LogP contribution >= 0.6 is 0 Å². The molecule has 0 spiro atoms. The van der Waals surface area contributed by atoms with Gasteiger partial charge in [-0.15, -0.1) is 0 Å². The summed E-state index contributed by atoms with van der Waals surface area (Å²) in [4.78, 5) is 23.6. The molecule has 5 nitrogen and oxygen atoms in total. The second-order valence-electron chi connectivity index (χ2n) is 4.53. The first-order valence-corrected chi connectivity index (χ1v) is 6.03.